The summed E-state index contributed by atoms with van der Waals surface area (Å²) in [7, 11) is 0. The van der Waals surface area contributed by atoms with Crippen molar-refractivity contribution in [3.63, 3.8) is 0 Å². The second-order valence-electron chi connectivity index (χ2n) is 4.50. The van der Waals surface area contributed by atoms with Gasteiger partial charge in [0, 0.05) is 30.9 Å². The van der Waals surface area contributed by atoms with Crippen molar-refractivity contribution in [3.8, 4) is 0 Å². The highest BCUT2D eigenvalue weighted by atomic mass is 15.1. The van der Waals surface area contributed by atoms with Gasteiger partial charge in [-0.1, -0.05) is 27.7 Å². The molecule has 3 nitrogen and oxygen atoms in total. The Morgan fingerprint density at radius 1 is 1.36 bits per heavy atom. The first-order valence-corrected chi connectivity index (χ1v) is 5.29. The van der Waals surface area contributed by atoms with Crippen LogP contribution in [-0.4, -0.2) is 15.6 Å². The van der Waals surface area contributed by atoms with Crippen LogP contribution in [0.1, 0.15) is 39.4 Å². The maximum Gasteiger partial charge on any atom is 0.111 e. The van der Waals surface area contributed by atoms with Crippen LogP contribution in [0.4, 0.5) is 0 Å². The summed E-state index contributed by atoms with van der Waals surface area (Å²) in [5, 5.41) is 0. The van der Waals surface area contributed by atoms with E-state index in [0.29, 0.717) is 11.8 Å². The summed E-state index contributed by atoms with van der Waals surface area (Å²) in [5.74, 6) is 2.10. The highest BCUT2D eigenvalue weighted by Gasteiger charge is 2.12. The van der Waals surface area contributed by atoms with Crippen molar-refractivity contribution >= 4 is 0 Å². The van der Waals surface area contributed by atoms with Crippen molar-refractivity contribution in [2.45, 2.75) is 46.2 Å². The average Bonchev–Trinajstić information content (AvgIpc) is 2.52. The lowest BCUT2D eigenvalue weighted by molar-refractivity contribution is 0.423. The molecule has 0 aliphatic heterocycles. The molecule has 80 valence electrons. The first kappa shape index (κ1) is 11.2. The Balaban J connectivity index is 2.71. The van der Waals surface area contributed by atoms with Gasteiger partial charge in [-0.2, -0.15) is 0 Å². The monoisotopic (exact) mass is 195 g/mol. The molecule has 0 bridgehead atoms. The number of hydrogen-bond acceptors (Lipinski definition) is 2. The third-order valence-electron chi connectivity index (χ3n) is 2.53. The molecule has 0 aliphatic carbocycles. The van der Waals surface area contributed by atoms with Crippen molar-refractivity contribution < 1.29 is 0 Å². The molecular weight excluding hydrogens is 174 g/mol. The van der Waals surface area contributed by atoms with Gasteiger partial charge in [0.05, 0.1) is 0 Å². The van der Waals surface area contributed by atoms with E-state index in [9.17, 15) is 0 Å². The molecule has 1 rings (SSSR count). The van der Waals surface area contributed by atoms with Gasteiger partial charge < -0.3 is 10.3 Å². The fourth-order valence-corrected chi connectivity index (χ4v) is 1.41. The van der Waals surface area contributed by atoms with E-state index in [2.05, 4.69) is 37.2 Å². The zero-order valence-corrected chi connectivity index (χ0v) is 9.57. The van der Waals surface area contributed by atoms with Crippen molar-refractivity contribution in [3.05, 3.63) is 18.2 Å². The zero-order valence-electron chi connectivity index (χ0n) is 9.57. The van der Waals surface area contributed by atoms with Crippen molar-refractivity contribution in [2.75, 3.05) is 0 Å². The minimum atomic E-state index is 0.210. The van der Waals surface area contributed by atoms with E-state index in [1.807, 2.05) is 12.4 Å². The highest BCUT2D eigenvalue weighted by Crippen LogP contribution is 2.13. The predicted molar refractivity (Wildman–Crippen MR) is 59.1 cm³/mol. The van der Waals surface area contributed by atoms with Crippen molar-refractivity contribution in [2.24, 2.45) is 11.7 Å². The van der Waals surface area contributed by atoms with Crippen LogP contribution < -0.4 is 5.73 Å². The second kappa shape index (κ2) is 4.60. The first-order chi connectivity index (χ1) is 6.52. The molecule has 0 amide bonds. The molecule has 1 unspecified atom stereocenters. The fraction of sp³-hybridized carbons (Fsp3) is 0.727. The van der Waals surface area contributed by atoms with E-state index in [1.54, 1.807) is 0 Å². The highest BCUT2D eigenvalue weighted by molar-refractivity contribution is 4.98. The smallest absolute Gasteiger partial charge is 0.111 e. The van der Waals surface area contributed by atoms with Crippen LogP contribution >= 0.6 is 0 Å². The van der Waals surface area contributed by atoms with Crippen LogP contribution in [0.3, 0.4) is 0 Å². The SMILES string of the molecule is CC(C)c1nccn1CC(N)C(C)C. The van der Waals surface area contributed by atoms with Crippen LogP contribution in [0, 0.1) is 5.92 Å². The summed E-state index contributed by atoms with van der Waals surface area (Å²) >= 11 is 0. The molecule has 2 N–H and O–H groups in total. The number of nitrogens with two attached hydrogens (primary N) is 1. The molecule has 0 radical (unpaired) electrons. The lowest BCUT2D eigenvalue weighted by Crippen LogP contribution is -2.32. The number of nitrogens with zero attached hydrogens (tertiary/aromatic N) is 2. The summed E-state index contributed by atoms with van der Waals surface area (Å²) in [6.07, 6.45) is 3.86. The quantitative estimate of drug-likeness (QED) is 0.798. The Bertz CT molecular complexity index is 276. The van der Waals surface area contributed by atoms with Crippen molar-refractivity contribution in [1.29, 1.82) is 0 Å². The van der Waals surface area contributed by atoms with Gasteiger partial charge in [-0.25, -0.2) is 4.98 Å². The van der Waals surface area contributed by atoms with Gasteiger partial charge in [0.1, 0.15) is 5.82 Å². The summed E-state index contributed by atoms with van der Waals surface area (Å²) in [4.78, 5) is 4.34. The van der Waals surface area contributed by atoms with Gasteiger partial charge >= 0.3 is 0 Å². The minimum absolute atomic E-state index is 0.210. The standard InChI is InChI=1S/C11H21N3/c1-8(2)10(12)7-14-6-5-13-11(14)9(3)4/h5-6,8-10H,7,12H2,1-4H3. The van der Waals surface area contributed by atoms with E-state index in [1.165, 1.54) is 0 Å². The Morgan fingerprint density at radius 3 is 2.50 bits per heavy atom. The van der Waals surface area contributed by atoms with Gasteiger partial charge in [0.15, 0.2) is 0 Å². The molecular formula is C11H21N3. The van der Waals surface area contributed by atoms with E-state index < -0.39 is 0 Å². The predicted octanol–water partition coefficient (Wildman–Crippen LogP) is 1.99. The molecule has 0 spiro atoms. The van der Waals surface area contributed by atoms with E-state index >= 15 is 0 Å². The van der Waals surface area contributed by atoms with E-state index in [4.69, 9.17) is 5.73 Å². The Kier molecular flexibility index (Phi) is 3.69. The summed E-state index contributed by atoms with van der Waals surface area (Å²) in [6.45, 7) is 9.47. The lowest BCUT2D eigenvalue weighted by Gasteiger charge is -2.18. The number of rotatable bonds is 4. The van der Waals surface area contributed by atoms with Gasteiger partial charge in [0.2, 0.25) is 0 Å². The molecule has 1 atom stereocenters. The van der Waals surface area contributed by atoms with Crippen LogP contribution in [0.5, 0.6) is 0 Å². The molecule has 1 heterocycles. The molecule has 0 fully saturated rings. The van der Waals surface area contributed by atoms with Gasteiger partial charge in [0.25, 0.3) is 0 Å². The largest absolute Gasteiger partial charge is 0.333 e. The molecule has 14 heavy (non-hydrogen) atoms. The number of imidazole rings is 1. The topological polar surface area (TPSA) is 43.8 Å². The maximum atomic E-state index is 6.03. The van der Waals surface area contributed by atoms with Crippen LogP contribution in [0.2, 0.25) is 0 Å². The Hall–Kier alpha value is -0.830. The molecule has 0 saturated heterocycles. The second-order valence-corrected chi connectivity index (χ2v) is 4.50. The van der Waals surface area contributed by atoms with Crippen LogP contribution in [-0.2, 0) is 6.54 Å². The minimum Gasteiger partial charge on any atom is -0.333 e. The lowest BCUT2D eigenvalue weighted by atomic mass is 10.1. The molecule has 0 aliphatic rings. The first-order valence-electron chi connectivity index (χ1n) is 5.29. The van der Waals surface area contributed by atoms with E-state index in [0.717, 1.165) is 12.4 Å². The van der Waals surface area contributed by atoms with Gasteiger partial charge in [-0.05, 0) is 5.92 Å². The summed E-state index contributed by atoms with van der Waals surface area (Å²) in [5.41, 5.74) is 6.03. The van der Waals surface area contributed by atoms with Crippen LogP contribution in [0.25, 0.3) is 0 Å². The van der Waals surface area contributed by atoms with Gasteiger partial charge in [-0.15, -0.1) is 0 Å². The third kappa shape index (κ3) is 2.58. The Morgan fingerprint density at radius 2 is 2.00 bits per heavy atom. The molecule has 1 aromatic heterocycles. The molecule has 3 heteroatoms. The zero-order chi connectivity index (χ0) is 10.7. The third-order valence-corrected chi connectivity index (χ3v) is 2.53. The van der Waals surface area contributed by atoms with Crippen LogP contribution in [0.15, 0.2) is 12.4 Å². The normalized spacial score (nSPS) is 13.9. The number of hydrogen-bond donors (Lipinski definition) is 1. The van der Waals surface area contributed by atoms with E-state index in [-0.39, 0.29) is 6.04 Å². The maximum absolute atomic E-state index is 6.03. The molecule has 0 aromatic carbocycles. The molecule has 1 aromatic rings. The van der Waals surface area contributed by atoms with Crippen molar-refractivity contribution in [1.82, 2.24) is 9.55 Å². The average molecular weight is 195 g/mol. The summed E-state index contributed by atoms with van der Waals surface area (Å²) < 4.78 is 2.16. The fourth-order valence-electron chi connectivity index (χ4n) is 1.41. The number of aromatic nitrogens is 2. The summed E-state index contributed by atoms with van der Waals surface area (Å²) in [6, 6.07) is 0.210. The van der Waals surface area contributed by atoms with Gasteiger partial charge in [-0.3, -0.25) is 0 Å². The molecule has 0 saturated carbocycles. The Labute approximate surface area is 86.3 Å².